The molecule has 5 heteroatoms. The Morgan fingerprint density at radius 3 is 2.72 bits per heavy atom. The number of carbonyl (C=O) groups excluding carboxylic acids is 1. The number of nitrogens with zero attached hydrogens (tertiary/aromatic N) is 1. The Labute approximate surface area is 113 Å². The summed E-state index contributed by atoms with van der Waals surface area (Å²) in [4.78, 5) is 13.8. The van der Waals surface area contributed by atoms with Crippen molar-refractivity contribution in [3.05, 3.63) is 29.8 Å². The molecule has 2 N–H and O–H groups in total. The zero-order valence-corrected chi connectivity index (χ0v) is 11.7. The fourth-order valence-corrected chi connectivity index (χ4v) is 2.05. The average molecular weight is 266 g/mol. The molecule has 0 saturated heterocycles. The van der Waals surface area contributed by atoms with Crippen LogP contribution < -0.4 is 15.4 Å². The van der Waals surface area contributed by atoms with Crippen LogP contribution >= 0.6 is 12.6 Å². The van der Waals surface area contributed by atoms with Crippen molar-refractivity contribution in [2.75, 3.05) is 25.6 Å². The Balaban J connectivity index is 3.22. The standard InChI is InChI=1S/C13H18N2O2S/c1-4-5-6-15(2)12-10(17-3)7-9(13(14)16)8-11(12)18/h4-5,7-8,18H,6H2,1-3H3,(H2,14,16)/b5-4+. The number of anilines is 1. The Morgan fingerprint density at radius 1 is 1.56 bits per heavy atom. The molecule has 0 heterocycles. The Kier molecular flexibility index (Phi) is 5.09. The van der Waals surface area contributed by atoms with Gasteiger partial charge in [-0.2, -0.15) is 0 Å². The van der Waals surface area contributed by atoms with E-state index in [2.05, 4.69) is 12.6 Å². The highest BCUT2D eigenvalue weighted by Gasteiger charge is 2.15. The number of ether oxygens (including phenoxy) is 1. The van der Waals surface area contributed by atoms with Crippen LogP contribution in [0.25, 0.3) is 0 Å². The minimum absolute atomic E-state index is 0.389. The number of hydrogen-bond donors (Lipinski definition) is 2. The molecule has 0 saturated carbocycles. The molecule has 0 aliphatic carbocycles. The number of amides is 1. The van der Waals surface area contributed by atoms with E-state index in [1.54, 1.807) is 19.2 Å². The topological polar surface area (TPSA) is 55.6 Å². The molecule has 1 aromatic rings. The molecule has 1 rings (SSSR count). The number of rotatable bonds is 5. The summed E-state index contributed by atoms with van der Waals surface area (Å²) in [5.41, 5.74) is 6.49. The lowest BCUT2D eigenvalue weighted by molar-refractivity contribution is 0.1000. The van der Waals surface area contributed by atoms with Crippen LogP contribution in [-0.4, -0.2) is 26.6 Å². The van der Waals surface area contributed by atoms with Crippen molar-refractivity contribution >= 4 is 24.2 Å². The Morgan fingerprint density at radius 2 is 2.22 bits per heavy atom. The van der Waals surface area contributed by atoms with Crippen molar-refractivity contribution in [3.8, 4) is 5.75 Å². The van der Waals surface area contributed by atoms with Crippen LogP contribution in [0.3, 0.4) is 0 Å². The molecular formula is C13H18N2O2S. The van der Waals surface area contributed by atoms with Crippen molar-refractivity contribution in [1.29, 1.82) is 0 Å². The maximum atomic E-state index is 11.2. The minimum Gasteiger partial charge on any atom is -0.495 e. The second-order valence-corrected chi connectivity index (χ2v) is 4.34. The lowest BCUT2D eigenvalue weighted by Gasteiger charge is -2.22. The van der Waals surface area contributed by atoms with Gasteiger partial charge < -0.3 is 15.4 Å². The zero-order chi connectivity index (χ0) is 13.7. The molecule has 0 aromatic heterocycles. The van der Waals surface area contributed by atoms with Crippen LogP contribution in [-0.2, 0) is 0 Å². The predicted molar refractivity (Wildman–Crippen MR) is 76.8 cm³/mol. The maximum absolute atomic E-state index is 11.2. The van der Waals surface area contributed by atoms with Crippen LogP contribution in [0.5, 0.6) is 5.75 Å². The van der Waals surface area contributed by atoms with Gasteiger partial charge in [0.05, 0.1) is 12.8 Å². The van der Waals surface area contributed by atoms with E-state index in [0.717, 1.165) is 12.2 Å². The van der Waals surface area contributed by atoms with Gasteiger partial charge in [-0.3, -0.25) is 4.79 Å². The van der Waals surface area contributed by atoms with Crippen LogP contribution in [0.1, 0.15) is 17.3 Å². The van der Waals surface area contributed by atoms with E-state index < -0.39 is 5.91 Å². The molecule has 1 aromatic carbocycles. The smallest absolute Gasteiger partial charge is 0.248 e. The lowest BCUT2D eigenvalue weighted by atomic mass is 10.1. The number of methoxy groups -OCH3 is 1. The van der Waals surface area contributed by atoms with Crippen molar-refractivity contribution in [3.63, 3.8) is 0 Å². The highest BCUT2D eigenvalue weighted by atomic mass is 32.1. The molecule has 0 spiro atoms. The number of thiol groups is 1. The first-order valence-corrected chi connectivity index (χ1v) is 5.99. The number of hydrogen-bond acceptors (Lipinski definition) is 4. The third kappa shape index (κ3) is 3.20. The number of likely N-dealkylation sites (N-methyl/N-ethyl adjacent to an activating group) is 1. The quantitative estimate of drug-likeness (QED) is 0.634. The van der Waals surface area contributed by atoms with Gasteiger partial charge in [-0.05, 0) is 19.1 Å². The van der Waals surface area contributed by atoms with Gasteiger partial charge in [0, 0.05) is 24.1 Å². The van der Waals surface area contributed by atoms with Gasteiger partial charge in [0.25, 0.3) is 0 Å². The summed E-state index contributed by atoms with van der Waals surface area (Å²) in [6, 6.07) is 3.28. The van der Waals surface area contributed by atoms with Gasteiger partial charge >= 0.3 is 0 Å². The monoisotopic (exact) mass is 266 g/mol. The Bertz CT molecular complexity index is 472. The van der Waals surface area contributed by atoms with Gasteiger partial charge in [-0.1, -0.05) is 12.2 Å². The summed E-state index contributed by atoms with van der Waals surface area (Å²) >= 11 is 4.39. The van der Waals surface area contributed by atoms with Crippen molar-refractivity contribution < 1.29 is 9.53 Å². The van der Waals surface area contributed by atoms with Crippen molar-refractivity contribution in [2.24, 2.45) is 5.73 Å². The molecular weight excluding hydrogens is 248 g/mol. The molecule has 0 fully saturated rings. The SMILES string of the molecule is C/C=C/CN(C)c1c(S)cc(C(N)=O)cc1OC. The second-order valence-electron chi connectivity index (χ2n) is 3.86. The predicted octanol–water partition coefficient (Wildman–Crippen LogP) is 2.10. The van der Waals surface area contributed by atoms with Crippen molar-refractivity contribution in [2.45, 2.75) is 11.8 Å². The van der Waals surface area contributed by atoms with Crippen LogP contribution in [0.15, 0.2) is 29.2 Å². The van der Waals surface area contributed by atoms with E-state index in [1.165, 1.54) is 0 Å². The number of benzene rings is 1. The highest BCUT2D eigenvalue weighted by molar-refractivity contribution is 7.80. The van der Waals surface area contributed by atoms with E-state index in [0.29, 0.717) is 16.2 Å². The van der Waals surface area contributed by atoms with E-state index in [9.17, 15) is 4.79 Å². The molecule has 1 amide bonds. The first kappa shape index (κ1) is 14.4. The fourth-order valence-electron chi connectivity index (χ4n) is 1.63. The third-order valence-corrected chi connectivity index (χ3v) is 2.90. The van der Waals surface area contributed by atoms with Gasteiger partial charge in [0.1, 0.15) is 5.75 Å². The number of allylic oxidation sites excluding steroid dienone is 1. The molecule has 0 aliphatic rings. The number of primary amides is 1. The molecule has 0 radical (unpaired) electrons. The van der Waals surface area contributed by atoms with E-state index >= 15 is 0 Å². The molecule has 0 aliphatic heterocycles. The van der Waals surface area contributed by atoms with Crippen LogP contribution in [0.2, 0.25) is 0 Å². The second kappa shape index (κ2) is 6.35. The fraction of sp³-hybridized carbons (Fsp3) is 0.308. The van der Waals surface area contributed by atoms with Gasteiger partial charge in [-0.25, -0.2) is 0 Å². The lowest BCUT2D eigenvalue weighted by Crippen LogP contribution is -2.19. The molecule has 0 unspecified atom stereocenters. The number of carbonyl (C=O) groups is 1. The Hall–Kier alpha value is -1.62. The summed E-state index contributed by atoms with van der Waals surface area (Å²) < 4.78 is 5.30. The highest BCUT2D eigenvalue weighted by Crippen LogP contribution is 2.35. The summed E-state index contributed by atoms with van der Waals surface area (Å²) in [5.74, 6) is 0.0922. The molecule has 4 nitrogen and oxygen atoms in total. The van der Waals surface area contributed by atoms with Gasteiger partial charge in [0.15, 0.2) is 0 Å². The average Bonchev–Trinajstić information content (AvgIpc) is 2.34. The molecule has 98 valence electrons. The van der Waals surface area contributed by atoms with Gasteiger partial charge in [-0.15, -0.1) is 12.6 Å². The summed E-state index contributed by atoms with van der Waals surface area (Å²) in [7, 11) is 3.49. The van der Waals surface area contributed by atoms with Crippen LogP contribution in [0.4, 0.5) is 5.69 Å². The first-order valence-electron chi connectivity index (χ1n) is 5.54. The number of nitrogens with two attached hydrogens (primary N) is 1. The van der Waals surface area contributed by atoms with Gasteiger partial charge in [0.2, 0.25) is 5.91 Å². The maximum Gasteiger partial charge on any atom is 0.248 e. The molecule has 18 heavy (non-hydrogen) atoms. The first-order chi connectivity index (χ1) is 8.51. The van der Waals surface area contributed by atoms with Crippen molar-refractivity contribution in [1.82, 2.24) is 0 Å². The van der Waals surface area contributed by atoms with E-state index in [1.807, 2.05) is 31.0 Å². The minimum atomic E-state index is -0.494. The largest absolute Gasteiger partial charge is 0.495 e. The summed E-state index contributed by atoms with van der Waals surface area (Å²) in [5, 5.41) is 0. The van der Waals surface area contributed by atoms with E-state index in [-0.39, 0.29) is 0 Å². The third-order valence-electron chi connectivity index (χ3n) is 2.56. The van der Waals surface area contributed by atoms with E-state index in [4.69, 9.17) is 10.5 Å². The zero-order valence-electron chi connectivity index (χ0n) is 10.8. The normalized spacial score (nSPS) is 10.7. The summed E-state index contributed by atoms with van der Waals surface area (Å²) in [6.45, 7) is 2.69. The van der Waals surface area contributed by atoms with Crippen LogP contribution in [0, 0.1) is 0 Å². The molecule has 0 bridgehead atoms. The summed E-state index contributed by atoms with van der Waals surface area (Å²) in [6.07, 6.45) is 3.99. The molecule has 0 atom stereocenters.